The maximum Gasteiger partial charge on any atom is 0.270 e. The van der Waals surface area contributed by atoms with E-state index >= 15 is 0 Å². The number of likely N-dealkylation sites (tertiary alicyclic amines) is 1. The van der Waals surface area contributed by atoms with Crippen molar-refractivity contribution in [1.82, 2.24) is 9.47 Å². The van der Waals surface area contributed by atoms with Gasteiger partial charge in [0.05, 0.1) is 19.3 Å². The third-order valence-electron chi connectivity index (χ3n) is 3.36. The molecular formula is C13H19BrN2O3. The Kier molecular flexibility index (Phi) is 5.01. The Balaban J connectivity index is 1.91. The number of piperidine rings is 1. The highest BCUT2D eigenvalue weighted by atomic mass is 79.9. The number of halogens is 1. The van der Waals surface area contributed by atoms with Crippen LogP contribution in [0.2, 0.25) is 0 Å². The minimum Gasteiger partial charge on any atom is -0.394 e. The van der Waals surface area contributed by atoms with E-state index < -0.39 is 0 Å². The van der Waals surface area contributed by atoms with Crippen molar-refractivity contribution in [1.29, 1.82) is 0 Å². The summed E-state index contributed by atoms with van der Waals surface area (Å²) in [6, 6.07) is 1.84. The lowest BCUT2D eigenvalue weighted by Gasteiger charge is -2.31. The minimum atomic E-state index is 0.0521. The topological polar surface area (TPSA) is 54.7 Å². The van der Waals surface area contributed by atoms with Crippen molar-refractivity contribution in [3.8, 4) is 0 Å². The summed E-state index contributed by atoms with van der Waals surface area (Å²) < 4.78 is 8.24. The maximum atomic E-state index is 12.4. The van der Waals surface area contributed by atoms with Gasteiger partial charge in [0.2, 0.25) is 0 Å². The van der Waals surface area contributed by atoms with Gasteiger partial charge in [0, 0.05) is 30.8 Å². The molecule has 0 radical (unpaired) electrons. The molecule has 1 amide bonds. The average Bonchev–Trinajstić information content (AvgIpc) is 2.75. The molecule has 1 aliphatic heterocycles. The van der Waals surface area contributed by atoms with Gasteiger partial charge in [0.15, 0.2) is 0 Å². The van der Waals surface area contributed by atoms with Gasteiger partial charge in [-0.1, -0.05) is 0 Å². The highest BCUT2D eigenvalue weighted by Crippen LogP contribution is 2.19. The Morgan fingerprint density at radius 1 is 1.53 bits per heavy atom. The molecule has 0 unspecified atom stereocenters. The predicted octanol–water partition coefficient (Wildman–Crippen LogP) is 1.40. The lowest BCUT2D eigenvalue weighted by atomic mass is 10.1. The van der Waals surface area contributed by atoms with E-state index in [4.69, 9.17) is 9.84 Å². The average molecular weight is 331 g/mol. The van der Waals surface area contributed by atoms with Crippen LogP contribution in [0.4, 0.5) is 0 Å². The van der Waals surface area contributed by atoms with Crippen LogP contribution in [-0.4, -0.2) is 52.9 Å². The van der Waals surface area contributed by atoms with Crippen LogP contribution >= 0.6 is 15.9 Å². The number of nitrogens with zero attached hydrogens (tertiary/aromatic N) is 2. The Labute approximate surface area is 121 Å². The second-order valence-corrected chi connectivity index (χ2v) is 5.66. The Morgan fingerprint density at radius 2 is 2.21 bits per heavy atom. The zero-order valence-corrected chi connectivity index (χ0v) is 12.6. The van der Waals surface area contributed by atoms with Crippen LogP contribution in [-0.2, 0) is 11.8 Å². The van der Waals surface area contributed by atoms with Gasteiger partial charge < -0.3 is 19.3 Å². The molecule has 0 aromatic carbocycles. The third-order valence-corrected chi connectivity index (χ3v) is 3.80. The van der Waals surface area contributed by atoms with Crippen LogP contribution in [0.3, 0.4) is 0 Å². The number of aliphatic hydroxyl groups is 1. The molecule has 0 saturated carbocycles. The van der Waals surface area contributed by atoms with Crippen molar-refractivity contribution in [2.45, 2.75) is 18.9 Å². The first-order valence-corrected chi connectivity index (χ1v) is 7.24. The quantitative estimate of drug-likeness (QED) is 0.907. The van der Waals surface area contributed by atoms with Crippen molar-refractivity contribution >= 4 is 21.8 Å². The van der Waals surface area contributed by atoms with E-state index in [1.807, 2.05) is 28.8 Å². The second kappa shape index (κ2) is 6.54. The zero-order chi connectivity index (χ0) is 13.8. The Morgan fingerprint density at radius 3 is 2.74 bits per heavy atom. The molecule has 0 spiro atoms. The van der Waals surface area contributed by atoms with Gasteiger partial charge in [-0.2, -0.15) is 0 Å². The molecule has 1 fully saturated rings. The van der Waals surface area contributed by atoms with E-state index in [0.717, 1.165) is 17.3 Å². The van der Waals surface area contributed by atoms with Crippen LogP contribution < -0.4 is 0 Å². The van der Waals surface area contributed by atoms with Crippen LogP contribution in [0.1, 0.15) is 23.3 Å². The summed E-state index contributed by atoms with van der Waals surface area (Å²) in [6.07, 6.45) is 3.70. The largest absolute Gasteiger partial charge is 0.394 e. The summed E-state index contributed by atoms with van der Waals surface area (Å²) in [5.41, 5.74) is 0.696. The first kappa shape index (κ1) is 14.6. The normalized spacial score (nSPS) is 16.9. The molecule has 1 aromatic rings. The van der Waals surface area contributed by atoms with Crippen molar-refractivity contribution < 1.29 is 14.6 Å². The number of hydrogen-bond acceptors (Lipinski definition) is 3. The van der Waals surface area contributed by atoms with Crippen molar-refractivity contribution in [3.05, 3.63) is 22.4 Å². The van der Waals surface area contributed by atoms with Gasteiger partial charge >= 0.3 is 0 Å². The summed E-state index contributed by atoms with van der Waals surface area (Å²) in [7, 11) is 1.87. The standard InChI is InChI=1S/C13H19BrN2O3/c1-15-9-10(14)8-12(15)13(18)16-4-2-11(3-5-16)19-7-6-17/h8-9,11,17H,2-7H2,1H3. The summed E-state index contributed by atoms with van der Waals surface area (Å²) >= 11 is 3.38. The SMILES string of the molecule is Cn1cc(Br)cc1C(=O)N1CCC(OCCO)CC1. The molecule has 1 aromatic heterocycles. The number of rotatable bonds is 4. The smallest absolute Gasteiger partial charge is 0.270 e. The number of amides is 1. The van der Waals surface area contributed by atoms with Gasteiger partial charge in [-0.3, -0.25) is 4.79 Å². The number of hydrogen-bond donors (Lipinski definition) is 1. The van der Waals surface area contributed by atoms with Crippen LogP contribution in [0.15, 0.2) is 16.7 Å². The number of carbonyl (C=O) groups excluding carboxylic acids is 1. The minimum absolute atomic E-state index is 0.0521. The lowest BCUT2D eigenvalue weighted by Crippen LogP contribution is -2.41. The Bertz CT molecular complexity index is 439. The van der Waals surface area contributed by atoms with Crippen molar-refractivity contribution in [2.24, 2.45) is 7.05 Å². The molecule has 5 nitrogen and oxygen atoms in total. The second-order valence-electron chi connectivity index (χ2n) is 4.74. The van der Waals surface area contributed by atoms with Crippen molar-refractivity contribution in [2.75, 3.05) is 26.3 Å². The van der Waals surface area contributed by atoms with E-state index in [1.54, 1.807) is 0 Å². The molecule has 19 heavy (non-hydrogen) atoms. The molecule has 6 heteroatoms. The number of carbonyl (C=O) groups is 1. The molecule has 1 N–H and O–H groups in total. The number of aromatic nitrogens is 1. The van der Waals surface area contributed by atoms with E-state index in [1.165, 1.54) is 0 Å². The fourth-order valence-corrected chi connectivity index (χ4v) is 2.87. The van der Waals surface area contributed by atoms with Crippen molar-refractivity contribution in [3.63, 3.8) is 0 Å². The monoisotopic (exact) mass is 330 g/mol. The first-order valence-electron chi connectivity index (χ1n) is 6.45. The van der Waals surface area contributed by atoms with E-state index in [-0.39, 0.29) is 18.6 Å². The molecule has 0 bridgehead atoms. The molecule has 1 saturated heterocycles. The summed E-state index contributed by atoms with van der Waals surface area (Å²) in [5, 5.41) is 8.72. The van der Waals surface area contributed by atoms with Gasteiger partial charge in [-0.25, -0.2) is 0 Å². The fourth-order valence-electron chi connectivity index (χ4n) is 2.34. The Hall–Kier alpha value is -0.850. The molecule has 2 heterocycles. The number of aliphatic hydroxyl groups excluding tert-OH is 1. The van der Waals surface area contributed by atoms with E-state index in [0.29, 0.717) is 25.4 Å². The highest BCUT2D eigenvalue weighted by molar-refractivity contribution is 9.10. The van der Waals surface area contributed by atoms with E-state index in [2.05, 4.69) is 15.9 Å². The predicted molar refractivity (Wildman–Crippen MR) is 75.1 cm³/mol. The molecule has 0 atom stereocenters. The lowest BCUT2D eigenvalue weighted by molar-refractivity contribution is -0.00570. The molecular weight excluding hydrogens is 312 g/mol. The number of aryl methyl sites for hydroxylation is 1. The number of ether oxygens (including phenoxy) is 1. The fraction of sp³-hybridized carbons (Fsp3) is 0.615. The highest BCUT2D eigenvalue weighted by Gasteiger charge is 2.25. The van der Waals surface area contributed by atoms with Gasteiger partial charge in [-0.05, 0) is 34.8 Å². The molecule has 0 aliphatic carbocycles. The maximum absolute atomic E-state index is 12.4. The van der Waals surface area contributed by atoms with Gasteiger partial charge in [0.1, 0.15) is 5.69 Å². The van der Waals surface area contributed by atoms with Gasteiger partial charge in [0.25, 0.3) is 5.91 Å². The van der Waals surface area contributed by atoms with E-state index in [9.17, 15) is 4.79 Å². The summed E-state index contributed by atoms with van der Waals surface area (Å²) in [5.74, 6) is 0.0637. The molecule has 1 aliphatic rings. The third kappa shape index (κ3) is 3.58. The van der Waals surface area contributed by atoms with Crippen LogP contribution in [0, 0.1) is 0 Å². The van der Waals surface area contributed by atoms with Crippen LogP contribution in [0.25, 0.3) is 0 Å². The summed E-state index contributed by atoms with van der Waals surface area (Å²) in [6.45, 7) is 1.84. The summed E-state index contributed by atoms with van der Waals surface area (Å²) in [4.78, 5) is 14.2. The zero-order valence-electron chi connectivity index (χ0n) is 11.0. The van der Waals surface area contributed by atoms with Crippen LogP contribution in [0.5, 0.6) is 0 Å². The first-order chi connectivity index (χ1) is 9.11. The molecule has 106 valence electrons. The molecule has 2 rings (SSSR count). The van der Waals surface area contributed by atoms with Gasteiger partial charge in [-0.15, -0.1) is 0 Å².